The first kappa shape index (κ1) is 12.1. The highest BCUT2D eigenvalue weighted by Gasteiger charge is 2.61. The van der Waals surface area contributed by atoms with Crippen LogP contribution < -0.4 is 5.32 Å². The molecule has 0 aromatic carbocycles. The van der Waals surface area contributed by atoms with Crippen molar-refractivity contribution in [3.8, 4) is 0 Å². The average Bonchev–Trinajstić information content (AvgIpc) is 2.92. The van der Waals surface area contributed by atoms with Crippen molar-refractivity contribution in [2.75, 3.05) is 5.32 Å². The molecule has 3 nitrogen and oxygen atoms in total. The van der Waals surface area contributed by atoms with Gasteiger partial charge in [-0.05, 0) is 42.9 Å². The maximum absolute atomic E-state index is 4.35. The van der Waals surface area contributed by atoms with Crippen molar-refractivity contribution >= 4 is 5.69 Å². The molecule has 2 fully saturated rings. The SMILES string of the molecule is CCn1cc(NC2CC3CCC2(C)C3(C)C)cn1. The van der Waals surface area contributed by atoms with Crippen molar-refractivity contribution < 1.29 is 0 Å². The van der Waals surface area contributed by atoms with Gasteiger partial charge in [0.25, 0.3) is 0 Å². The van der Waals surface area contributed by atoms with Crippen LogP contribution in [0, 0.1) is 16.7 Å². The summed E-state index contributed by atoms with van der Waals surface area (Å²) in [7, 11) is 0. The Morgan fingerprint density at radius 3 is 2.72 bits per heavy atom. The van der Waals surface area contributed by atoms with Crippen molar-refractivity contribution in [3.63, 3.8) is 0 Å². The molecule has 3 atom stereocenters. The third-order valence-corrected chi connectivity index (χ3v) is 6.09. The lowest BCUT2D eigenvalue weighted by atomic mass is 9.69. The second kappa shape index (κ2) is 3.75. The number of hydrogen-bond acceptors (Lipinski definition) is 2. The molecule has 3 rings (SSSR count). The highest BCUT2D eigenvalue weighted by atomic mass is 15.3. The Kier molecular flexibility index (Phi) is 2.51. The molecule has 3 heteroatoms. The Labute approximate surface area is 110 Å². The van der Waals surface area contributed by atoms with Crippen LogP contribution in [-0.2, 0) is 6.54 Å². The van der Waals surface area contributed by atoms with E-state index in [-0.39, 0.29) is 0 Å². The first-order valence-corrected chi connectivity index (χ1v) is 7.26. The van der Waals surface area contributed by atoms with Crippen LogP contribution in [0.5, 0.6) is 0 Å². The molecule has 0 amide bonds. The zero-order valence-electron chi connectivity index (χ0n) is 12.0. The summed E-state index contributed by atoms with van der Waals surface area (Å²) in [6.45, 7) is 10.5. The highest BCUT2D eigenvalue weighted by Crippen LogP contribution is 2.65. The molecule has 0 aliphatic heterocycles. The molecular weight excluding hydrogens is 222 g/mol. The third-order valence-electron chi connectivity index (χ3n) is 6.09. The van der Waals surface area contributed by atoms with Crippen molar-refractivity contribution in [1.82, 2.24) is 9.78 Å². The monoisotopic (exact) mass is 247 g/mol. The van der Waals surface area contributed by atoms with Gasteiger partial charge in [0.2, 0.25) is 0 Å². The Morgan fingerprint density at radius 1 is 1.44 bits per heavy atom. The minimum Gasteiger partial charge on any atom is -0.379 e. The molecule has 2 bridgehead atoms. The fraction of sp³-hybridized carbons (Fsp3) is 0.800. The van der Waals surface area contributed by atoms with E-state index in [1.54, 1.807) is 0 Å². The predicted octanol–water partition coefficient (Wildman–Crippen LogP) is 3.53. The van der Waals surface area contributed by atoms with Crippen LogP contribution in [0.2, 0.25) is 0 Å². The zero-order chi connectivity index (χ0) is 13.0. The molecule has 1 heterocycles. The quantitative estimate of drug-likeness (QED) is 0.885. The summed E-state index contributed by atoms with van der Waals surface area (Å²) in [6.07, 6.45) is 8.19. The second-order valence-corrected chi connectivity index (χ2v) is 6.89. The maximum Gasteiger partial charge on any atom is 0.0728 e. The van der Waals surface area contributed by atoms with Gasteiger partial charge in [0.1, 0.15) is 0 Å². The summed E-state index contributed by atoms with van der Waals surface area (Å²) in [5.41, 5.74) is 2.10. The van der Waals surface area contributed by atoms with Gasteiger partial charge >= 0.3 is 0 Å². The van der Waals surface area contributed by atoms with Crippen molar-refractivity contribution in [3.05, 3.63) is 12.4 Å². The molecule has 0 radical (unpaired) electrons. The largest absolute Gasteiger partial charge is 0.379 e. The molecule has 18 heavy (non-hydrogen) atoms. The van der Waals surface area contributed by atoms with Crippen LogP contribution >= 0.6 is 0 Å². The number of nitrogens with one attached hydrogen (secondary N) is 1. The molecule has 3 unspecified atom stereocenters. The van der Waals surface area contributed by atoms with Gasteiger partial charge in [0.15, 0.2) is 0 Å². The second-order valence-electron chi connectivity index (χ2n) is 6.89. The summed E-state index contributed by atoms with van der Waals surface area (Å²) in [4.78, 5) is 0. The fourth-order valence-electron chi connectivity index (χ4n) is 4.23. The van der Waals surface area contributed by atoms with Gasteiger partial charge in [-0.15, -0.1) is 0 Å². The summed E-state index contributed by atoms with van der Waals surface area (Å²) in [5.74, 6) is 0.890. The predicted molar refractivity (Wildman–Crippen MR) is 74.5 cm³/mol. The van der Waals surface area contributed by atoms with Gasteiger partial charge in [-0.3, -0.25) is 4.68 Å². The molecular formula is C15H25N3. The first-order chi connectivity index (χ1) is 8.47. The lowest BCUT2D eigenvalue weighted by molar-refractivity contribution is 0.142. The van der Waals surface area contributed by atoms with Crippen LogP contribution in [-0.4, -0.2) is 15.8 Å². The van der Waals surface area contributed by atoms with E-state index >= 15 is 0 Å². The zero-order valence-corrected chi connectivity index (χ0v) is 12.0. The number of rotatable bonds is 3. The Morgan fingerprint density at radius 2 is 2.22 bits per heavy atom. The van der Waals surface area contributed by atoms with Crippen LogP contribution in [0.3, 0.4) is 0 Å². The van der Waals surface area contributed by atoms with E-state index in [0.29, 0.717) is 16.9 Å². The van der Waals surface area contributed by atoms with Crippen molar-refractivity contribution in [2.24, 2.45) is 16.7 Å². The van der Waals surface area contributed by atoms with Gasteiger partial charge < -0.3 is 5.32 Å². The minimum atomic E-state index is 0.436. The standard InChI is InChI=1S/C15H25N3/c1-5-18-10-12(9-16-18)17-13-8-11-6-7-15(13,4)14(11,2)3/h9-11,13,17H,5-8H2,1-4H3. The van der Waals surface area contributed by atoms with E-state index in [9.17, 15) is 0 Å². The number of fused-ring (bicyclic) bond motifs is 2. The molecule has 2 aliphatic carbocycles. The summed E-state index contributed by atoms with van der Waals surface area (Å²) in [5, 5.41) is 8.09. The van der Waals surface area contributed by atoms with E-state index in [1.807, 2.05) is 10.9 Å². The smallest absolute Gasteiger partial charge is 0.0728 e. The molecule has 0 saturated heterocycles. The average molecular weight is 247 g/mol. The number of hydrogen-bond donors (Lipinski definition) is 1. The van der Waals surface area contributed by atoms with E-state index in [1.165, 1.54) is 24.9 Å². The minimum absolute atomic E-state index is 0.436. The van der Waals surface area contributed by atoms with Crippen LogP contribution in [0.15, 0.2) is 12.4 Å². The van der Waals surface area contributed by atoms with E-state index in [4.69, 9.17) is 0 Å². The van der Waals surface area contributed by atoms with Gasteiger partial charge in [-0.1, -0.05) is 20.8 Å². The molecule has 100 valence electrons. The van der Waals surface area contributed by atoms with Gasteiger partial charge in [0, 0.05) is 18.8 Å². The Hall–Kier alpha value is -0.990. The van der Waals surface area contributed by atoms with Crippen LogP contribution in [0.1, 0.15) is 47.0 Å². The van der Waals surface area contributed by atoms with Gasteiger partial charge in [-0.2, -0.15) is 5.10 Å². The Balaban J connectivity index is 1.79. The maximum atomic E-state index is 4.35. The topological polar surface area (TPSA) is 29.9 Å². The number of aromatic nitrogens is 2. The fourth-order valence-corrected chi connectivity index (χ4v) is 4.23. The lowest BCUT2D eigenvalue weighted by Gasteiger charge is -2.39. The molecule has 1 N–H and O–H groups in total. The first-order valence-electron chi connectivity index (χ1n) is 7.26. The Bertz CT molecular complexity index is 448. The number of anilines is 1. The molecule has 0 spiro atoms. The van der Waals surface area contributed by atoms with E-state index < -0.39 is 0 Å². The van der Waals surface area contributed by atoms with Gasteiger partial charge in [-0.25, -0.2) is 0 Å². The van der Waals surface area contributed by atoms with Crippen LogP contribution in [0.25, 0.3) is 0 Å². The third kappa shape index (κ3) is 1.45. The molecule has 2 aliphatic rings. The van der Waals surface area contributed by atoms with E-state index in [2.05, 4.69) is 44.3 Å². The molecule has 1 aromatic rings. The summed E-state index contributed by atoms with van der Waals surface area (Å²) in [6, 6.07) is 0.612. The summed E-state index contributed by atoms with van der Waals surface area (Å²) < 4.78 is 1.99. The molecule has 1 aromatic heterocycles. The van der Waals surface area contributed by atoms with Crippen molar-refractivity contribution in [2.45, 2.75) is 59.5 Å². The number of nitrogens with zero attached hydrogens (tertiary/aromatic N) is 2. The molecule has 2 saturated carbocycles. The lowest BCUT2D eigenvalue weighted by Crippen LogP contribution is -2.40. The van der Waals surface area contributed by atoms with Crippen molar-refractivity contribution in [1.29, 1.82) is 0 Å². The normalized spacial score (nSPS) is 37.1. The summed E-state index contributed by atoms with van der Waals surface area (Å²) >= 11 is 0. The number of aryl methyl sites for hydroxylation is 1. The van der Waals surface area contributed by atoms with Gasteiger partial charge in [0.05, 0.1) is 11.9 Å². The van der Waals surface area contributed by atoms with E-state index in [0.717, 1.165) is 12.5 Å². The van der Waals surface area contributed by atoms with Crippen LogP contribution in [0.4, 0.5) is 5.69 Å². The highest BCUT2D eigenvalue weighted by molar-refractivity contribution is 5.41.